The van der Waals surface area contributed by atoms with Crippen molar-refractivity contribution in [3.05, 3.63) is 58.3 Å². The largest absolute Gasteiger partial charge is 0.494 e. The third kappa shape index (κ3) is 3.95. The maximum atomic E-state index is 13.3. The van der Waals surface area contributed by atoms with Gasteiger partial charge in [0, 0.05) is 17.8 Å². The summed E-state index contributed by atoms with van der Waals surface area (Å²) in [6.07, 6.45) is 0. The van der Waals surface area contributed by atoms with Crippen LogP contribution in [-0.2, 0) is 0 Å². The summed E-state index contributed by atoms with van der Waals surface area (Å²) in [7, 11) is 0. The number of nitrogens with two attached hydrogens (primary N) is 1. The molecule has 3 N–H and O–H groups in total. The van der Waals surface area contributed by atoms with Gasteiger partial charge in [-0.05, 0) is 47.1 Å². The van der Waals surface area contributed by atoms with Gasteiger partial charge >= 0.3 is 0 Å². The zero-order valence-corrected chi connectivity index (χ0v) is 13.4. The average molecular weight is 353 g/mol. The van der Waals surface area contributed by atoms with Gasteiger partial charge in [-0.2, -0.15) is 0 Å². The molecule has 3 nitrogen and oxygen atoms in total. The van der Waals surface area contributed by atoms with Gasteiger partial charge in [-0.25, -0.2) is 4.39 Å². The lowest BCUT2D eigenvalue weighted by atomic mass is 10.1. The maximum absolute atomic E-state index is 13.3. The number of ether oxygens (including phenoxy) is 1. The fourth-order valence-corrected chi connectivity index (χ4v) is 2.48. The summed E-state index contributed by atoms with van der Waals surface area (Å²) in [4.78, 5) is 0. The Bertz CT molecular complexity index is 607. The molecule has 0 aromatic heterocycles. The van der Waals surface area contributed by atoms with E-state index in [9.17, 15) is 4.39 Å². The molecule has 0 fully saturated rings. The molecule has 21 heavy (non-hydrogen) atoms. The number of benzene rings is 2. The Hall–Kier alpha value is -1.59. The predicted octanol–water partition coefficient (Wildman–Crippen LogP) is 4.10. The summed E-state index contributed by atoms with van der Waals surface area (Å²) in [5, 5.41) is 3.31. The summed E-state index contributed by atoms with van der Waals surface area (Å²) >= 11 is 3.18. The van der Waals surface area contributed by atoms with E-state index in [2.05, 4.69) is 21.2 Å². The molecular formula is C16H18BrFN2O. The minimum absolute atomic E-state index is 0.106. The summed E-state index contributed by atoms with van der Waals surface area (Å²) in [5.74, 6) is 0.517. The van der Waals surface area contributed by atoms with Crippen molar-refractivity contribution in [2.75, 3.05) is 18.5 Å². The van der Waals surface area contributed by atoms with E-state index in [0.717, 1.165) is 17.0 Å². The van der Waals surface area contributed by atoms with Crippen molar-refractivity contribution in [1.82, 2.24) is 0 Å². The highest BCUT2D eigenvalue weighted by atomic mass is 79.9. The molecule has 0 saturated heterocycles. The maximum Gasteiger partial charge on any atom is 0.137 e. The molecule has 5 heteroatoms. The molecule has 2 aromatic carbocycles. The third-order valence-electron chi connectivity index (χ3n) is 3.09. The van der Waals surface area contributed by atoms with Crippen LogP contribution in [0.15, 0.2) is 46.9 Å². The molecule has 0 spiro atoms. The van der Waals surface area contributed by atoms with Crippen LogP contribution in [0.2, 0.25) is 0 Å². The molecule has 0 aliphatic carbocycles. The van der Waals surface area contributed by atoms with E-state index in [-0.39, 0.29) is 11.9 Å². The van der Waals surface area contributed by atoms with Crippen LogP contribution >= 0.6 is 15.9 Å². The smallest absolute Gasteiger partial charge is 0.137 e. The van der Waals surface area contributed by atoms with Crippen molar-refractivity contribution in [3.63, 3.8) is 0 Å². The summed E-state index contributed by atoms with van der Waals surface area (Å²) in [6.45, 7) is 2.94. The van der Waals surface area contributed by atoms with Gasteiger partial charge in [0.1, 0.15) is 11.6 Å². The van der Waals surface area contributed by atoms with Crippen molar-refractivity contribution in [1.29, 1.82) is 0 Å². The molecule has 2 aromatic rings. The zero-order chi connectivity index (χ0) is 15.2. The molecule has 0 heterocycles. The van der Waals surface area contributed by atoms with E-state index in [1.165, 1.54) is 6.07 Å². The summed E-state index contributed by atoms with van der Waals surface area (Å²) < 4.78 is 19.3. The van der Waals surface area contributed by atoms with E-state index in [1.54, 1.807) is 12.1 Å². The quantitative estimate of drug-likeness (QED) is 0.822. The molecule has 0 bridgehead atoms. The van der Waals surface area contributed by atoms with Gasteiger partial charge in [0.15, 0.2) is 0 Å². The van der Waals surface area contributed by atoms with Crippen molar-refractivity contribution in [2.24, 2.45) is 5.73 Å². The number of hydrogen-bond acceptors (Lipinski definition) is 3. The number of nitrogens with one attached hydrogen (secondary N) is 1. The highest BCUT2D eigenvalue weighted by Crippen LogP contribution is 2.29. The molecule has 0 radical (unpaired) electrons. The van der Waals surface area contributed by atoms with Gasteiger partial charge in [0.05, 0.1) is 17.1 Å². The molecule has 1 unspecified atom stereocenters. The minimum Gasteiger partial charge on any atom is -0.494 e. The van der Waals surface area contributed by atoms with Crippen LogP contribution < -0.4 is 15.8 Å². The molecule has 112 valence electrons. The monoisotopic (exact) mass is 352 g/mol. The van der Waals surface area contributed by atoms with Gasteiger partial charge in [-0.1, -0.05) is 18.2 Å². The van der Waals surface area contributed by atoms with Crippen molar-refractivity contribution >= 4 is 21.6 Å². The van der Waals surface area contributed by atoms with Crippen LogP contribution in [0.5, 0.6) is 5.75 Å². The second-order valence-corrected chi connectivity index (χ2v) is 5.39. The highest BCUT2D eigenvalue weighted by molar-refractivity contribution is 9.10. The van der Waals surface area contributed by atoms with Crippen LogP contribution in [0.1, 0.15) is 18.5 Å². The predicted molar refractivity (Wildman–Crippen MR) is 87.1 cm³/mol. The van der Waals surface area contributed by atoms with Crippen LogP contribution in [0, 0.1) is 5.82 Å². The number of anilines is 1. The molecule has 0 amide bonds. The Balaban J connectivity index is 2.25. The normalized spacial score (nSPS) is 12.0. The van der Waals surface area contributed by atoms with Crippen LogP contribution in [0.4, 0.5) is 10.1 Å². The Labute approximate surface area is 132 Å². The van der Waals surface area contributed by atoms with E-state index >= 15 is 0 Å². The third-order valence-corrected chi connectivity index (χ3v) is 3.70. The zero-order valence-electron chi connectivity index (χ0n) is 11.8. The lowest BCUT2D eigenvalue weighted by molar-refractivity contribution is 0.335. The Morgan fingerprint density at radius 2 is 2.05 bits per heavy atom. The van der Waals surface area contributed by atoms with E-state index in [1.807, 2.05) is 31.2 Å². The molecule has 1 atom stereocenters. The molecule has 0 aliphatic rings. The highest BCUT2D eigenvalue weighted by Gasteiger charge is 2.15. The van der Waals surface area contributed by atoms with Crippen LogP contribution in [0.3, 0.4) is 0 Å². The lowest BCUT2D eigenvalue weighted by Crippen LogP contribution is -2.21. The Morgan fingerprint density at radius 3 is 2.71 bits per heavy atom. The lowest BCUT2D eigenvalue weighted by Gasteiger charge is -2.21. The fourth-order valence-electron chi connectivity index (χ4n) is 2.11. The van der Waals surface area contributed by atoms with E-state index < -0.39 is 0 Å². The molecule has 0 saturated carbocycles. The van der Waals surface area contributed by atoms with Crippen LogP contribution in [-0.4, -0.2) is 13.2 Å². The molecule has 0 aliphatic heterocycles. The molecule has 2 rings (SSSR count). The van der Waals surface area contributed by atoms with Gasteiger partial charge < -0.3 is 15.8 Å². The first-order valence-electron chi connectivity index (χ1n) is 6.79. The SMILES string of the molecule is CCOc1ccccc1C(CN)Nc1ccc(F)c(Br)c1. The average Bonchev–Trinajstić information content (AvgIpc) is 2.49. The van der Waals surface area contributed by atoms with Crippen LogP contribution in [0.25, 0.3) is 0 Å². The second kappa shape index (κ2) is 7.43. The first-order chi connectivity index (χ1) is 10.2. The first kappa shape index (κ1) is 15.8. The Morgan fingerprint density at radius 1 is 1.29 bits per heavy atom. The number of halogens is 2. The summed E-state index contributed by atoms with van der Waals surface area (Å²) in [6, 6.07) is 12.5. The van der Waals surface area contributed by atoms with Crippen molar-refractivity contribution < 1.29 is 9.13 Å². The summed E-state index contributed by atoms with van der Waals surface area (Å²) in [5.41, 5.74) is 7.67. The number of hydrogen-bond donors (Lipinski definition) is 2. The van der Waals surface area contributed by atoms with E-state index in [4.69, 9.17) is 10.5 Å². The van der Waals surface area contributed by atoms with Gasteiger partial charge in [-0.15, -0.1) is 0 Å². The minimum atomic E-state index is -0.292. The van der Waals surface area contributed by atoms with Gasteiger partial charge in [0.25, 0.3) is 0 Å². The number of para-hydroxylation sites is 1. The number of rotatable bonds is 6. The second-order valence-electron chi connectivity index (χ2n) is 4.53. The van der Waals surface area contributed by atoms with Crippen molar-refractivity contribution in [2.45, 2.75) is 13.0 Å². The first-order valence-corrected chi connectivity index (χ1v) is 7.58. The molecular weight excluding hydrogens is 335 g/mol. The van der Waals surface area contributed by atoms with Gasteiger partial charge in [-0.3, -0.25) is 0 Å². The topological polar surface area (TPSA) is 47.3 Å². The Kier molecular flexibility index (Phi) is 5.59. The van der Waals surface area contributed by atoms with Gasteiger partial charge in [0.2, 0.25) is 0 Å². The van der Waals surface area contributed by atoms with Crippen molar-refractivity contribution in [3.8, 4) is 5.75 Å². The standard InChI is InChI=1S/C16H18BrFN2O/c1-2-21-16-6-4-3-5-12(16)15(10-19)20-11-7-8-14(18)13(17)9-11/h3-9,15,20H,2,10,19H2,1H3. The fraction of sp³-hybridized carbons (Fsp3) is 0.250. The van der Waals surface area contributed by atoms with E-state index in [0.29, 0.717) is 17.6 Å².